The van der Waals surface area contributed by atoms with E-state index in [4.69, 9.17) is 10.2 Å². The Morgan fingerprint density at radius 2 is 1.88 bits per heavy atom. The van der Waals surface area contributed by atoms with Crippen LogP contribution in [0.25, 0.3) is 0 Å². The van der Waals surface area contributed by atoms with Crippen LogP contribution in [0.1, 0.15) is 36.6 Å². The summed E-state index contributed by atoms with van der Waals surface area (Å²) in [5, 5.41) is 17.5. The third-order valence-electron chi connectivity index (χ3n) is 2.35. The molecule has 0 aliphatic heterocycles. The largest absolute Gasteiger partial charge is 1.00 e. The zero-order valence-electron chi connectivity index (χ0n) is 10.6. The Labute approximate surface area is 140 Å². The molecule has 2 N–H and O–H groups in total. The number of hydrogen-bond donors (Lipinski definition) is 2. The number of hydrogen-bond acceptors (Lipinski definition) is 2. The van der Waals surface area contributed by atoms with Gasteiger partial charge in [0.2, 0.25) is 0 Å². The monoisotopic (exact) mass is 248 g/mol. The second-order valence-electron chi connectivity index (χ2n) is 3.50. The standard InChI is InChI=1S/C12H16O3.K.H/c13-9-5-1-2-6-10-7-3-4-8-11(10)12(14)15;;/h3-4,7-8,13H,1-2,5-6,9H2,(H,14,15);;/q;+1;-1. The van der Waals surface area contributed by atoms with Crippen molar-refractivity contribution in [1.82, 2.24) is 0 Å². The van der Waals surface area contributed by atoms with Crippen LogP contribution in [0.5, 0.6) is 0 Å². The topological polar surface area (TPSA) is 57.5 Å². The number of carboxylic acid groups (broad SMARTS) is 1. The number of aliphatic hydroxyl groups is 1. The second-order valence-corrected chi connectivity index (χ2v) is 3.50. The maximum Gasteiger partial charge on any atom is 1.00 e. The van der Waals surface area contributed by atoms with Gasteiger partial charge in [-0.1, -0.05) is 24.6 Å². The van der Waals surface area contributed by atoms with Crippen molar-refractivity contribution in [3.8, 4) is 0 Å². The molecule has 0 aliphatic rings. The van der Waals surface area contributed by atoms with Gasteiger partial charge in [0, 0.05) is 6.61 Å². The van der Waals surface area contributed by atoms with Crippen LogP contribution in [0, 0.1) is 0 Å². The molecule has 0 bridgehead atoms. The van der Waals surface area contributed by atoms with Gasteiger partial charge in [-0.3, -0.25) is 0 Å². The maximum absolute atomic E-state index is 10.9. The Hall–Kier alpha value is 0.286. The van der Waals surface area contributed by atoms with Gasteiger partial charge in [-0.05, 0) is 30.9 Å². The van der Waals surface area contributed by atoms with Crippen molar-refractivity contribution in [1.29, 1.82) is 0 Å². The third-order valence-corrected chi connectivity index (χ3v) is 2.35. The predicted octanol–water partition coefficient (Wildman–Crippen LogP) is -0.794. The summed E-state index contributed by atoms with van der Waals surface area (Å²) in [7, 11) is 0. The first-order valence-electron chi connectivity index (χ1n) is 5.17. The molecule has 0 fully saturated rings. The molecule has 4 heteroatoms. The van der Waals surface area contributed by atoms with Crippen molar-refractivity contribution in [3.63, 3.8) is 0 Å². The van der Waals surface area contributed by atoms with Gasteiger partial charge >= 0.3 is 57.4 Å². The van der Waals surface area contributed by atoms with Crippen LogP contribution in [-0.4, -0.2) is 22.8 Å². The molecular weight excluding hydrogens is 231 g/mol. The minimum Gasteiger partial charge on any atom is -1.00 e. The molecule has 16 heavy (non-hydrogen) atoms. The Kier molecular flexibility index (Phi) is 9.50. The molecule has 0 amide bonds. The fraction of sp³-hybridized carbons (Fsp3) is 0.417. The zero-order valence-corrected chi connectivity index (χ0v) is 12.8. The number of aryl methyl sites for hydroxylation is 1. The zero-order chi connectivity index (χ0) is 11.1. The van der Waals surface area contributed by atoms with Gasteiger partial charge in [-0.15, -0.1) is 0 Å². The predicted molar refractivity (Wildman–Crippen MR) is 59.2 cm³/mol. The van der Waals surface area contributed by atoms with Gasteiger partial charge < -0.3 is 11.6 Å². The van der Waals surface area contributed by atoms with Crippen molar-refractivity contribution in [3.05, 3.63) is 35.4 Å². The van der Waals surface area contributed by atoms with E-state index < -0.39 is 5.97 Å². The SMILES string of the molecule is O=C(O)c1ccccc1CCCCCO.[H-].[K+]. The summed E-state index contributed by atoms with van der Waals surface area (Å²) >= 11 is 0. The van der Waals surface area contributed by atoms with Crippen molar-refractivity contribution in [2.45, 2.75) is 25.7 Å². The minimum absolute atomic E-state index is 0. The molecule has 3 nitrogen and oxygen atoms in total. The number of rotatable bonds is 6. The number of carbonyl (C=O) groups is 1. The first-order chi connectivity index (χ1) is 7.25. The Bertz CT molecular complexity index is 331. The molecule has 1 aromatic rings. The number of carboxylic acids is 1. The summed E-state index contributed by atoms with van der Waals surface area (Å²) in [6.07, 6.45) is 3.41. The summed E-state index contributed by atoms with van der Waals surface area (Å²) in [6, 6.07) is 7.07. The Morgan fingerprint density at radius 3 is 2.50 bits per heavy atom. The van der Waals surface area contributed by atoms with Crippen LogP contribution in [0.15, 0.2) is 24.3 Å². The molecule has 0 saturated heterocycles. The Morgan fingerprint density at radius 1 is 1.19 bits per heavy atom. The smallest absolute Gasteiger partial charge is 1.00 e. The van der Waals surface area contributed by atoms with Gasteiger partial charge in [-0.25, -0.2) is 4.79 Å². The number of unbranched alkanes of at least 4 members (excludes halogenated alkanes) is 2. The van der Waals surface area contributed by atoms with Gasteiger partial charge in [0.05, 0.1) is 5.56 Å². The number of aliphatic hydroxyl groups excluding tert-OH is 1. The maximum atomic E-state index is 10.9. The second kappa shape index (κ2) is 9.33. The third kappa shape index (κ3) is 5.57. The summed E-state index contributed by atoms with van der Waals surface area (Å²) in [6.45, 7) is 0.209. The van der Waals surface area contributed by atoms with Crippen molar-refractivity contribution >= 4 is 5.97 Å². The van der Waals surface area contributed by atoms with Gasteiger partial charge in [0.15, 0.2) is 0 Å². The van der Waals surface area contributed by atoms with Crippen LogP contribution >= 0.6 is 0 Å². The van der Waals surface area contributed by atoms with E-state index in [1.54, 1.807) is 12.1 Å². The van der Waals surface area contributed by atoms with E-state index in [9.17, 15) is 4.79 Å². The van der Waals surface area contributed by atoms with E-state index >= 15 is 0 Å². The summed E-state index contributed by atoms with van der Waals surface area (Å²) in [4.78, 5) is 10.9. The van der Waals surface area contributed by atoms with Gasteiger partial charge in [0.1, 0.15) is 0 Å². The van der Waals surface area contributed by atoms with Crippen LogP contribution in [0.2, 0.25) is 0 Å². The van der Waals surface area contributed by atoms with E-state index in [-0.39, 0.29) is 59.4 Å². The van der Waals surface area contributed by atoms with E-state index in [0.29, 0.717) is 5.56 Å². The van der Waals surface area contributed by atoms with Crippen LogP contribution in [0.3, 0.4) is 0 Å². The van der Waals surface area contributed by atoms with Crippen molar-refractivity contribution < 1.29 is 67.8 Å². The summed E-state index contributed by atoms with van der Waals surface area (Å²) < 4.78 is 0. The molecular formula is C12H17KO3. The molecule has 0 aliphatic carbocycles. The molecule has 0 heterocycles. The van der Waals surface area contributed by atoms with E-state index in [0.717, 1.165) is 31.2 Å². The number of aromatic carboxylic acids is 1. The van der Waals surface area contributed by atoms with Crippen molar-refractivity contribution in [2.75, 3.05) is 6.61 Å². The van der Waals surface area contributed by atoms with Gasteiger partial charge in [0.25, 0.3) is 0 Å². The van der Waals surface area contributed by atoms with Crippen LogP contribution in [0.4, 0.5) is 0 Å². The van der Waals surface area contributed by atoms with Crippen LogP contribution < -0.4 is 51.4 Å². The normalized spacial score (nSPS) is 9.56. The molecule has 0 spiro atoms. The molecule has 0 atom stereocenters. The molecule has 0 radical (unpaired) electrons. The molecule has 1 aromatic carbocycles. The first-order valence-corrected chi connectivity index (χ1v) is 5.17. The number of benzene rings is 1. The van der Waals surface area contributed by atoms with E-state index in [1.807, 2.05) is 12.1 Å². The summed E-state index contributed by atoms with van der Waals surface area (Å²) in [5.41, 5.74) is 1.27. The van der Waals surface area contributed by atoms with E-state index in [2.05, 4.69) is 0 Å². The molecule has 0 saturated carbocycles. The Balaban J connectivity index is 0. The van der Waals surface area contributed by atoms with Crippen LogP contribution in [-0.2, 0) is 6.42 Å². The average Bonchev–Trinajstić information content (AvgIpc) is 2.25. The fourth-order valence-corrected chi connectivity index (χ4v) is 1.55. The quantitative estimate of drug-likeness (QED) is 0.512. The van der Waals surface area contributed by atoms with E-state index in [1.165, 1.54) is 0 Å². The minimum atomic E-state index is -0.868. The first kappa shape index (κ1) is 16.3. The van der Waals surface area contributed by atoms with Gasteiger partial charge in [-0.2, -0.15) is 0 Å². The summed E-state index contributed by atoms with van der Waals surface area (Å²) in [5.74, 6) is -0.868. The molecule has 0 unspecified atom stereocenters. The van der Waals surface area contributed by atoms with Crippen molar-refractivity contribution in [2.24, 2.45) is 0 Å². The molecule has 84 valence electrons. The molecule has 1 rings (SSSR count). The fourth-order valence-electron chi connectivity index (χ4n) is 1.55. The molecule has 0 aromatic heterocycles. The average molecular weight is 248 g/mol.